The van der Waals surface area contributed by atoms with Crippen LogP contribution in [0.3, 0.4) is 0 Å². The molecule has 0 aromatic carbocycles. The topological polar surface area (TPSA) is 59.5 Å². The standard InChI is InChI=1S/C13H15N5S/c1-2-17(8-10-4-3-7-19-10)13-12-15-5-6-18(12)9-11(14)16-13/h3-7,9H,2,8,14H2,1H3. The van der Waals surface area contributed by atoms with Crippen molar-refractivity contribution in [2.24, 2.45) is 0 Å². The summed E-state index contributed by atoms with van der Waals surface area (Å²) in [6, 6.07) is 4.19. The number of aromatic nitrogens is 3. The van der Waals surface area contributed by atoms with E-state index in [0.29, 0.717) is 5.82 Å². The van der Waals surface area contributed by atoms with Crippen molar-refractivity contribution >= 4 is 28.6 Å². The van der Waals surface area contributed by atoms with E-state index in [-0.39, 0.29) is 0 Å². The molecule has 0 fully saturated rings. The fraction of sp³-hybridized carbons (Fsp3) is 0.231. The largest absolute Gasteiger partial charge is 0.382 e. The van der Waals surface area contributed by atoms with Gasteiger partial charge >= 0.3 is 0 Å². The lowest BCUT2D eigenvalue weighted by molar-refractivity contribution is 0.822. The Morgan fingerprint density at radius 2 is 2.37 bits per heavy atom. The Morgan fingerprint density at radius 3 is 3.11 bits per heavy atom. The van der Waals surface area contributed by atoms with Crippen molar-refractivity contribution in [1.82, 2.24) is 14.4 Å². The number of nitrogen functional groups attached to an aromatic ring is 1. The van der Waals surface area contributed by atoms with Crippen LogP contribution in [0.15, 0.2) is 36.1 Å². The van der Waals surface area contributed by atoms with Crippen LogP contribution in [0.2, 0.25) is 0 Å². The zero-order valence-corrected chi connectivity index (χ0v) is 11.5. The monoisotopic (exact) mass is 273 g/mol. The van der Waals surface area contributed by atoms with Gasteiger partial charge in [-0.2, -0.15) is 0 Å². The summed E-state index contributed by atoms with van der Waals surface area (Å²) in [6.07, 6.45) is 5.43. The number of thiophene rings is 1. The van der Waals surface area contributed by atoms with Crippen LogP contribution in [0.1, 0.15) is 11.8 Å². The molecule has 0 aliphatic heterocycles. The molecule has 0 unspecified atom stereocenters. The van der Waals surface area contributed by atoms with E-state index >= 15 is 0 Å². The van der Waals surface area contributed by atoms with E-state index in [1.165, 1.54) is 4.88 Å². The van der Waals surface area contributed by atoms with Crippen molar-refractivity contribution in [3.8, 4) is 0 Å². The second kappa shape index (κ2) is 4.89. The molecule has 98 valence electrons. The molecule has 0 saturated heterocycles. The Hall–Kier alpha value is -2.08. The third-order valence-electron chi connectivity index (χ3n) is 2.98. The minimum absolute atomic E-state index is 0.505. The van der Waals surface area contributed by atoms with Gasteiger partial charge in [0.1, 0.15) is 5.82 Å². The second-order valence-electron chi connectivity index (χ2n) is 4.24. The van der Waals surface area contributed by atoms with E-state index in [9.17, 15) is 0 Å². The molecule has 0 atom stereocenters. The Labute approximate surface area is 115 Å². The van der Waals surface area contributed by atoms with E-state index < -0.39 is 0 Å². The van der Waals surface area contributed by atoms with Gasteiger partial charge in [-0.05, 0) is 18.4 Å². The molecule has 0 radical (unpaired) electrons. The lowest BCUT2D eigenvalue weighted by atomic mass is 10.4. The summed E-state index contributed by atoms with van der Waals surface area (Å²) < 4.78 is 1.91. The summed E-state index contributed by atoms with van der Waals surface area (Å²) in [5, 5.41) is 2.08. The fourth-order valence-corrected chi connectivity index (χ4v) is 2.79. The third-order valence-corrected chi connectivity index (χ3v) is 3.84. The lowest BCUT2D eigenvalue weighted by Gasteiger charge is -2.21. The van der Waals surface area contributed by atoms with E-state index in [1.807, 2.05) is 10.6 Å². The van der Waals surface area contributed by atoms with Crippen molar-refractivity contribution in [2.75, 3.05) is 17.2 Å². The molecular weight excluding hydrogens is 258 g/mol. The van der Waals surface area contributed by atoms with E-state index in [4.69, 9.17) is 5.73 Å². The average Bonchev–Trinajstić information content (AvgIpc) is 3.05. The molecule has 0 amide bonds. The summed E-state index contributed by atoms with van der Waals surface area (Å²) in [4.78, 5) is 12.3. The third kappa shape index (κ3) is 2.26. The van der Waals surface area contributed by atoms with Crippen LogP contribution in [-0.4, -0.2) is 20.9 Å². The maximum Gasteiger partial charge on any atom is 0.180 e. The van der Waals surface area contributed by atoms with Crippen LogP contribution in [0, 0.1) is 0 Å². The molecule has 19 heavy (non-hydrogen) atoms. The average molecular weight is 273 g/mol. The molecule has 3 aromatic heterocycles. The first kappa shape index (κ1) is 12.0. The van der Waals surface area contributed by atoms with Crippen molar-refractivity contribution in [3.63, 3.8) is 0 Å². The van der Waals surface area contributed by atoms with Crippen molar-refractivity contribution in [3.05, 3.63) is 41.0 Å². The van der Waals surface area contributed by atoms with Crippen molar-refractivity contribution in [1.29, 1.82) is 0 Å². The van der Waals surface area contributed by atoms with E-state index in [2.05, 4.69) is 39.3 Å². The minimum atomic E-state index is 0.505. The van der Waals surface area contributed by atoms with Crippen LogP contribution in [0.4, 0.5) is 11.6 Å². The summed E-state index contributed by atoms with van der Waals surface area (Å²) >= 11 is 1.75. The first-order valence-electron chi connectivity index (χ1n) is 6.14. The maximum atomic E-state index is 5.87. The van der Waals surface area contributed by atoms with Gasteiger partial charge in [0.05, 0.1) is 12.7 Å². The molecule has 3 rings (SSSR count). The summed E-state index contributed by atoms with van der Waals surface area (Å²) in [7, 11) is 0. The highest BCUT2D eigenvalue weighted by Crippen LogP contribution is 2.22. The van der Waals surface area contributed by atoms with Crippen LogP contribution in [0.25, 0.3) is 5.65 Å². The van der Waals surface area contributed by atoms with E-state index in [0.717, 1.165) is 24.6 Å². The van der Waals surface area contributed by atoms with Crippen LogP contribution in [-0.2, 0) is 6.54 Å². The molecule has 2 N–H and O–H groups in total. The lowest BCUT2D eigenvalue weighted by Crippen LogP contribution is -2.23. The second-order valence-corrected chi connectivity index (χ2v) is 5.27. The molecule has 6 heteroatoms. The van der Waals surface area contributed by atoms with Gasteiger partial charge < -0.3 is 15.0 Å². The zero-order valence-electron chi connectivity index (χ0n) is 10.7. The fourth-order valence-electron chi connectivity index (χ4n) is 2.07. The van der Waals surface area contributed by atoms with Crippen LogP contribution >= 0.6 is 11.3 Å². The van der Waals surface area contributed by atoms with Gasteiger partial charge in [0.25, 0.3) is 0 Å². The predicted octanol–water partition coefficient (Wildman–Crippen LogP) is 2.40. The molecule has 3 heterocycles. The number of rotatable bonds is 4. The molecule has 5 nitrogen and oxygen atoms in total. The number of imidazole rings is 1. The van der Waals surface area contributed by atoms with Gasteiger partial charge in [-0.15, -0.1) is 11.3 Å². The number of nitrogens with zero attached hydrogens (tertiary/aromatic N) is 4. The first-order chi connectivity index (χ1) is 9.28. The number of fused-ring (bicyclic) bond motifs is 1. The van der Waals surface area contributed by atoms with E-state index in [1.54, 1.807) is 23.7 Å². The van der Waals surface area contributed by atoms with Gasteiger partial charge in [0.2, 0.25) is 0 Å². The molecule has 0 saturated carbocycles. The first-order valence-corrected chi connectivity index (χ1v) is 7.02. The maximum absolute atomic E-state index is 5.87. The van der Waals surface area contributed by atoms with Gasteiger partial charge in [0.15, 0.2) is 11.5 Å². The molecule has 0 aliphatic rings. The highest BCUT2D eigenvalue weighted by atomic mass is 32.1. The van der Waals surface area contributed by atoms with Gasteiger partial charge in [0, 0.05) is 23.8 Å². The highest BCUT2D eigenvalue weighted by Gasteiger charge is 2.13. The quantitative estimate of drug-likeness (QED) is 0.793. The molecule has 3 aromatic rings. The van der Waals surface area contributed by atoms with Gasteiger partial charge in [-0.3, -0.25) is 0 Å². The Balaban J connectivity index is 2.03. The number of hydrogen-bond donors (Lipinski definition) is 1. The normalized spacial score (nSPS) is 11.0. The number of anilines is 2. The molecule has 0 aliphatic carbocycles. The summed E-state index contributed by atoms with van der Waals surface area (Å²) in [5.41, 5.74) is 6.71. The SMILES string of the molecule is CCN(Cc1cccs1)c1nc(N)cn2ccnc12. The highest BCUT2D eigenvalue weighted by molar-refractivity contribution is 7.09. The predicted molar refractivity (Wildman–Crippen MR) is 78.4 cm³/mol. The van der Waals surface area contributed by atoms with Crippen molar-refractivity contribution < 1.29 is 0 Å². The molecule has 0 bridgehead atoms. The van der Waals surface area contributed by atoms with Crippen LogP contribution < -0.4 is 10.6 Å². The van der Waals surface area contributed by atoms with Crippen molar-refractivity contribution in [2.45, 2.75) is 13.5 Å². The van der Waals surface area contributed by atoms with Crippen LogP contribution in [0.5, 0.6) is 0 Å². The number of hydrogen-bond acceptors (Lipinski definition) is 5. The zero-order chi connectivity index (χ0) is 13.2. The summed E-state index contributed by atoms with van der Waals surface area (Å²) in [6.45, 7) is 3.79. The molecular formula is C13H15N5S. The Kier molecular flexibility index (Phi) is 3.08. The van der Waals surface area contributed by atoms with Gasteiger partial charge in [-0.25, -0.2) is 9.97 Å². The smallest absolute Gasteiger partial charge is 0.180 e. The summed E-state index contributed by atoms with van der Waals surface area (Å²) in [5.74, 6) is 1.34. The number of nitrogens with two attached hydrogens (primary N) is 1. The molecule has 0 spiro atoms. The minimum Gasteiger partial charge on any atom is -0.382 e. The van der Waals surface area contributed by atoms with Gasteiger partial charge in [-0.1, -0.05) is 6.07 Å². The Morgan fingerprint density at radius 1 is 1.47 bits per heavy atom. The Bertz CT molecular complexity index is 673.